The first kappa shape index (κ1) is 20.8. The normalized spacial score (nSPS) is 15.3. The first-order valence-corrected chi connectivity index (χ1v) is 11.0. The van der Waals surface area contributed by atoms with E-state index >= 15 is 0 Å². The standard InChI is InChI=1S/C20H23ClN2O4S/c21-19-4-2-1-3-17(19)15-22-20(24)10-7-16-5-8-18(9-6-16)28(25,26)23-11-13-27-14-12-23/h1-6,8-9H,7,10-15H2,(H,22,24). The fourth-order valence-corrected chi connectivity index (χ4v) is 4.56. The average molecular weight is 423 g/mol. The average Bonchev–Trinajstić information content (AvgIpc) is 2.72. The Bertz CT molecular complexity index is 910. The van der Waals surface area contributed by atoms with Gasteiger partial charge in [0.25, 0.3) is 0 Å². The molecule has 0 aliphatic carbocycles. The molecule has 1 heterocycles. The maximum absolute atomic E-state index is 12.6. The molecule has 0 unspecified atom stereocenters. The van der Waals surface area contributed by atoms with Gasteiger partial charge in [-0.1, -0.05) is 41.9 Å². The molecule has 2 aromatic carbocycles. The summed E-state index contributed by atoms with van der Waals surface area (Å²) < 4.78 is 31.9. The Morgan fingerprint density at radius 1 is 1.07 bits per heavy atom. The SMILES string of the molecule is O=C(CCc1ccc(S(=O)(=O)N2CCOCC2)cc1)NCc1ccccc1Cl. The van der Waals surface area contributed by atoms with Crippen LogP contribution in [0.25, 0.3) is 0 Å². The first-order chi connectivity index (χ1) is 13.5. The van der Waals surface area contributed by atoms with Gasteiger partial charge >= 0.3 is 0 Å². The Morgan fingerprint density at radius 3 is 2.43 bits per heavy atom. The number of nitrogens with one attached hydrogen (secondary N) is 1. The molecule has 3 rings (SSSR count). The van der Waals surface area contributed by atoms with Gasteiger partial charge in [-0.15, -0.1) is 0 Å². The second-order valence-electron chi connectivity index (χ2n) is 6.53. The van der Waals surface area contributed by atoms with Gasteiger partial charge in [-0.3, -0.25) is 4.79 Å². The molecule has 0 aromatic heterocycles. The number of sulfonamides is 1. The van der Waals surface area contributed by atoms with Crippen LogP contribution in [0.1, 0.15) is 17.5 Å². The lowest BCUT2D eigenvalue weighted by molar-refractivity contribution is -0.121. The maximum atomic E-state index is 12.6. The summed E-state index contributed by atoms with van der Waals surface area (Å²) in [7, 11) is -3.49. The van der Waals surface area contributed by atoms with Crippen molar-refractivity contribution in [3.05, 3.63) is 64.7 Å². The van der Waals surface area contributed by atoms with Gasteiger partial charge in [-0.25, -0.2) is 8.42 Å². The minimum Gasteiger partial charge on any atom is -0.379 e. The van der Waals surface area contributed by atoms with E-state index in [9.17, 15) is 13.2 Å². The van der Waals surface area contributed by atoms with E-state index in [-0.39, 0.29) is 10.8 Å². The Kier molecular flexibility index (Phi) is 7.07. The highest BCUT2D eigenvalue weighted by Gasteiger charge is 2.26. The molecule has 1 N–H and O–H groups in total. The molecular formula is C20H23ClN2O4S. The largest absolute Gasteiger partial charge is 0.379 e. The molecule has 0 atom stereocenters. The highest BCUT2D eigenvalue weighted by atomic mass is 35.5. The van der Waals surface area contributed by atoms with Crippen LogP contribution >= 0.6 is 11.6 Å². The number of hydrogen-bond donors (Lipinski definition) is 1. The zero-order valence-electron chi connectivity index (χ0n) is 15.4. The summed E-state index contributed by atoms with van der Waals surface area (Å²) in [6.45, 7) is 1.96. The van der Waals surface area contributed by atoms with Crippen LogP contribution in [0.5, 0.6) is 0 Å². The number of ether oxygens (including phenoxy) is 1. The molecule has 150 valence electrons. The predicted molar refractivity (Wildman–Crippen MR) is 108 cm³/mol. The number of carbonyl (C=O) groups excluding carboxylic acids is 1. The third-order valence-corrected chi connectivity index (χ3v) is 6.89. The number of nitrogens with zero attached hydrogens (tertiary/aromatic N) is 1. The third-order valence-electron chi connectivity index (χ3n) is 4.61. The van der Waals surface area contributed by atoms with Crippen molar-refractivity contribution in [2.45, 2.75) is 24.3 Å². The highest BCUT2D eigenvalue weighted by Crippen LogP contribution is 2.18. The Labute approximate surface area is 170 Å². The smallest absolute Gasteiger partial charge is 0.243 e. The molecule has 1 aliphatic rings. The van der Waals surface area contributed by atoms with E-state index in [4.69, 9.17) is 16.3 Å². The van der Waals surface area contributed by atoms with Crippen molar-refractivity contribution >= 4 is 27.5 Å². The number of benzene rings is 2. The van der Waals surface area contributed by atoms with Gasteiger partial charge in [0, 0.05) is 31.1 Å². The zero-order chi connectivity index (χ0) is 20.0. The van der Waals surface area contributed by atoms with Crippen molar-refractivity contribution in [3.8, 4) is 0 Å². The monoisotopic (exact) mass is 422 g/mol. The van der Waals surface area contributed by atoms with E-state index in [0.717, 1.165) is 11.1 Å². The molecule has 8 heteroatoms. The lowest BCUT2D eigenvalue weighted by atomic mass is 10.1. The number of morpholine rings is 1. The van der Waals surface area contributed by atoms with Crippen molar-refractivity contribution in [3.63, 3.8) is 0 Å². The number of halogens is 1. The number of rotatable bonds is 7. The molecule has 6 nitrogen and oxygen atoms in total. The second kappa shape index (κ2) is 9.52. The molecule has 0 radical (unpaired) electrons. The van der Waals surface area contributed by atoms with Crippen molar-refractivity contribution in [2.24, 2.45) is 0 Å². The van der Waals surface area contributed by atoms with Gasteiger partial charge in [0.2, 0.25) is 15.9 Å². The number of carbonyl (C=O) groups is 1. The molecule has 1 saturated heterocycles. The molecule has 0 bridgehead atoms. The van der Waals surface area contributed by atoms with E-state index in [2.05, 4.69) is 5.32 Å². The number of amides is 1. The van der Waals surface area contributed by atoms with Crippen LogP contribution in [0.4, 0.5) is 0 Å². The topological polar surface area (TPSA) is 75.7 Å². The van der Waals surface area contributed by atoms with Crippen LogP contribution in [0, 0.1) is 0 Å². The zero-order valence-corrected chi connectivity index (χ0v) is 17.0. The number of hydrogen-bond acceptors (Lipinski definition) is 4. The maximum Gasteiger partial charge on any atom is 0.243 e. The summed E-state index contributed by atoms with van der Waals surface area (Å²) in [6, 6.07) is 14.1. The van der Waals surface area contributed by atoms with Gasteiger partial charge in [0.1, 0.15) is 0 Å². The molecule has 0 spiro atoms. The van der Waals surface area contributed by atoms with Crippen LogP contribution in [0.2, 0.25) is 5.02 Å². The summed E-state index contributed by atoms with van der Waals surface area (Å²) in [6.07, 6.45) is 0.853. The number of aryl methyl sites for hydroxylation is 1. The highest BCUT2D eigenvalue weighted by molar-refractivity contribution is 7.89. The van der Waals surface area contributed by atoms with Gasteiger partial charge < -0.3 is 10.1 Å². The predicted octanol–water partition coefficient (Wildman–Crippen LogP) is 2.61. The second-order valence-corrected chi connectivity index (χ2v) is 8.87. The lowest BCUT2D eigenvalue weighted by Crippen LogP contribution is -2.40. The quantitative estimate of drug-likeness (QED) is 0.744. The van der Waals surface area contributed by atoms with Gasteiger partial charge in [0.15, 0.2) is 0 Å². The Morgan fingerprint density at radius 2 is 1.75 bits per heavy atom. The van der Waals surface area contributed by atoms with Gasteiger partial charge in [0.05, 0.1) is 18.1 Å². The van der Waals surface area contributed by atoms with Crippen molar-refractivity contribution in [2.75, 3.05) is 26.3 Å². The molecule has 2 aromatic rings. The minimum atomic E-state index is -3.49. The van der Waals surface area contributed by atoms with E-state index in [0.29, 0.717) is 50.7 Å². The first-order valence-electron chi connectivity index (χ1n) is 9.14. The van der Waals surface area contributed by atoms with E-state index in [1.54, 1.807) is 30.3 Å². The van der Waals surface area contributed by atoms with E-state index in [1.165, 1.54) is 4.31 Å². The summed E-state index contributed by atoms with van der Waals surface area (Å²) in [4.78, 5) is 12.3. The Balaban J connectivity index is 1.51. The fourth-order valence-electron chi connectivity index (χ4n) is 2.95. The van der Waals surface area contributed by atoms with Crippen LogP contribution in [0.15, 0.2) is 53.4 Å². The molecule has 1 amide bonds. The third kappa shape index (κ3) is 5.32. The lowest BCUT2D eigenvalue weighted by Gasteiger charge is -2.26. The van der Waals surface area contributed by atoms with Gasteiger partial charge in [-0.2, -0.15) is 4.31 Å². The van der Waals surface area contributed by atoms with Crippen molar-refractivity contribution < 1.29 is 17.9 Å². The fraction of sp³-hybridized carbons (Fsp3) is 0.350. The summed E-state index contributed by atoms with van der Waals surface area (Å²) >= 11 is 6.08. The van der Waals surface area contributed by atoms with Crippen molar-refractivity contribution in [1.82, 2.24) is 9.62 Å². The molecule has 0 saturated carbocycles. The molecule has 28 heavy (non-hydrogen) atoms. The van der Waals surface area contributed by atoms with Gasteiger partial charge in [-0.05, 0) is 35.7 Å². The summed E-state index contributed by atoms with van der Waals surface area (Å²) in [5, 5.41) is 3.48. The van der Waals surface area contributed by atoms with E-state index in [1.807, 2.05) is 18.2 Å². The van der Waals surface area contributed by atoms with Crippen LogP contribution in [-0.2, 0) is 32.5 Å². The summed E-state index contributed by atoms with van der Waals surface area (Å²) in [5.41, 5.74) is 1.78. The Hall–Kier alpha value is -1.93. The molecule has 1 aliphatic heterocycles. The summed E-state index contributed by atoms with van der Waals surface area (Å²) in [5.74, 6) is -0.0788. The minimum absolute atomic E-state index is 0.0788. The van der Waals surface area contributed by atoms with Crippen LogP contribution in [0.3, 0.4) is 0 Å². The van der Waals surface area contributed by atoms with Crippen molar-refractivity contribution in [1.29, 1.82) is 0 Å². The molecule has 1 fully saturated rings. The molecular weight excluding hydrogens is 400 g/mol. The van der Waals surface area contributed by atoms with E-state index < -0.39 is 10.0 Å². The van der Waals surface area contributed by atoms with Crippen LogP contribution in [-0.4, -0.2) is 44.9 Å². The van der Waals surface area contributed by atoms with Crippen LogP contribution < -0.4 is 5.32 Å².